The van der Waals surface area contributed by atoms with E-state index in [9.17, 15) is 19.2 Å². The molecule has 9 nitrogen and oxygen atoms in total. The molecule has 0 radical (unpaired) electrons. The van der Waals surface area contributed by atoms with E-state index < -0.39 is 42.1 Å². The second kappa shape index (κ2) is 15.1. The summed E-state index contributed by atoms with van der Waals surface area (Å²) in [4.78, 5) is 47.7. The maximum atomic E-state index is 12.4. The number of hydrogen-bond acceptors (Lipinski definition) is 9. The summed E-state index contributed by atoms with van der Waals surface area (Å²) in [5.41, 5.74) is 6.61. The quantitative estimate of drug-likeness (QED) is 0.314. The van der Waals surface area contributed by atoms with Crippen LogP contribution >= 0.6 is 0 Å². The lowest BCUT2D eigenvalue weighted by molar-refractivity contribution is -0.164. The number of nitrogens with two attached hydrogens (primary N) is 1. The molecular formula is C25H37NO8. The van der Waals surface area contributed by atoms with E-state index in [4.69, 9.17) is 24.7 Å². The van der Waals surface area contributed by atoms with E-state index in [2.05, 4.69) is 0 Å². The molecule has 0 aliphatic rings. The van der Waals surface area contributed by atoms with Gasteiger partial charge in [-0.25, -0.2) is 0 Å². The number of benzene rings is 1. The third-order valence-electron chi connectivity index (χ3n) is 5.00. The summed E-state index contributed by atoms with van der Waals surface area (Å²) in [6.45, 7) is 8.42. The van der Waals surface area contributed by atoms with Crippen molar-refractivity contribution in [1.29, 1.82) is 0 Å². The van der Waals surface area contributed by atoms with Crippen LogP contribution in [0.1, 0.15) is 78.7 Å². The predicted octanol–water partition coefficient (Wildman–Crippen LogP) is 3.63. The Morgan fingerprint density at radius 1 is 0.853 bits per heavy atom. The van der Waals surface area contributed by atoms with Crippen molar-refractivity contribution in [3.05, 3.63) is 23.8 Å². The first-order chi connectivity index (χ1) is 16.1. The van der Waals surface area contributed by atoms with Crippen molar-refractivity contribution in [3.63, 3.8) is 0 Å². The Balaban J connectivity index is 2.93. The third kappa shape index (κ3) is 10.8. The molecule has 2 N–H and O–H groups in total. The molecule has 0 amide bonds. The van der Waals surface area contributed by atoms with Crippen molar-refractivity contribution >= 4 is 23.9 Å². The lowest BCUT2D eigenvalue weighted by Crippen LogP contribution is -2.39. The van der Waals surface area contributed by atoms with Crippen molar-refractivity contribution in [2.75, 3.05) is 0 Å². The van der Waals surface area contributed by atoms with Gasteiger partial charge in [0.05, 0.1) is 0 Å². The number of carbonyl (C=O) groups excluding carboxylic acids is 4. The minimum absolute atomic E-state index is 0.0943. The summed E-state index contributed by atoms with van der Waals surface area (Å²) in [5, 5.41) is 0. The van der Waals surface area contributed by atoms with Crippen molar-refractivity contribution in [2.45, 2.75) is 97.8 Å². The highest BCUT2D eigenvalue weighted by molar-refractivity contribution is 5.77. The van der Waals surface area contributed by atoms with Gasteiger partial charge in [0.1, 0.15) is 18.2 Å². The zero-order valence-electron chi connectivity index (χ0n) is 20.8. The van der Waals surface area contributed by atoms with Gasteiger partial charge >= 0.3 is 23.9 Å². The van der Waals surface area contributed by atoms with Gasteiger partial charge in [0.2, 0.25) is 0 Å². The highest BCUT2D eigenvalue weighted by atomic mass is 16.6. The Bertz CT molecular complexity index is 838. The fourth-order valence-electron chi connectivity index (χ4n) is 2.89. The Labute approximate surface area is 201 Å². The molecule has 3 atom stereocenters. The molecular weight excluding hydrogens is 442 g/mol. The van der Waals surface area contributed by atoms with E-state index >= 15 is 0 Å². The van der Waals surface area contributed by atoms with Crippen LogP contribution in [0.25, 0.3) is 0 Å². The molecule has 1 aromatic rings. The molecule has 0 aliphatic heterocycles. The standard InChI is InChI=1S/C25H37NO8/c1-6-8-10-23(28)33-21-13-12-19(15-22(21)34-24(29)11-9-7-2)14-20(26)25(30)32-17(4)16(3)31-18(5)27/h12-13,15-17,20H,6-11,14,26H2,1-5H3/t16-,17-,20-/m0/s1. The number of rotatable bonds is 14. The van der Waals surface area contributed by atoms with Crippen LogP contribution < -0.4 is 15.2 Å². The van der Waals surface area contributed by atoms with E-state index in [0.717, 1.165) is 12.8 Å². The molecule has 9 heteroatoms. The highest BCUT2D eigenvalue weighted by Gasteiger charge is 2.24. The monoisotopic (exact) mass is 479 g/mol. The van der Waals surface area contributed by atoms with Gasteiger partial charge < -0.3 is 24.7 Å². The zero-order chi connectivity index (χ0) is 25.7. The van der Waals surface area contributed by atoms with Gasteiger partial charge in [0.15, 0.2) is 11.5 Å². The predicted molar refractivity (Wildman–Crippen MR) is 125 cm³/mol. The largest absolute Gasteiger partial charge is 0.459 e. The van der Waals surface area contributed by atoms with Crippen molar-refractivity contribution < 1.29 is 38.1 Å². The van der Waals surface area contributed by atoms with Gasteiger partial charge in [0, 0.05) is 19.8 Å². The first-order valence-electron chi connectivity index (χ1n) is 11.7. The number of unbranched alkanes of at least 4 members (excludes halogenated alkanes) is 2. The fraction of sp³-hybridized carbons (Fsp3) is 0.600. The Kier molecular flexibility index (Phi) is 12.9. The summed E-state index contributed by atoms with van der Waals surface area (Å²) >= 11 is 0. The Morgan fingerprint density at radius 2 is 1.38 bits per heavy atom. The molecule has 190 valence electrons. The van der Waals surface area contributed by atoms with Crippen LogP contribution in [0.5, 0.6) is 11.5 Å². The Morgan fingerprint density at radius 3 is 1.91 bits per heavy atom. The maximum Gasteiger partial charge on any atom is 0.323 e. The van der Waals surface area contributed by atoms with E-state index in [1.165, 1.54) is 19.1 Å². The van der Waals surface area contributed by atoms with Crippen molar-refractivity contribution in [2.24, 2.45) is 5.73 Å². The van der Waals surface area contributed by atoms with Crippen LogP contribution in [-0.4, -0.2) is 42.1 Å². The van der Waals surface area contributed by atoms with Crippen LogP contribution in [0.2, 0.25) is 0 Å². The first-order valence-corrected chi connectivity index (χ1v) is 11.7. The first kappa shape index (κ1) is 29.1. The number of carbonyl (C=O) groups is 4. The number of hydrogen-bond donors (Lipinski definition) is 1. The average Bonchev–Trinajstić information content (AvgIpc) is 2.77. The van der Waals surface area contributed by atoms with Crippen LogP contribution in [0.3, 0.4) is 0 Å². The molecule has 0 heterocycles. The van der Waals surface area contributed by atoms with Gasteiger partial charge in [-0.05, 0) is 50.8 Å². The minimum Gasteiger partial charge on any atom is -0.459 e. The van der Waals surface area contributed by atoms with E-state index in [1.807, 2.05) is 13.8 Å². The van der Waals surface area contributed by atoms with Crippen LogP contribution in [0.4, 0.5) is 0 Å². The molecule has 1 rings (SSSR count). The summed E-state index contributed by atoms with van der Waals surface area (Å²) in [6, 6.07) is 3.69. The lowest BCUT2D eigenvalue weighted by atomic mass is 10.1. The van der Waals surface area contributed by atoms with Crippen LogP contribution in [0.15, 0.2) is 18.2 Å². The second-order valence-corrected chi connectivity index (χ2v) is 8.20. The zero-order valence-corrected chi connectivity index (χ0v) is 20.8. The van der Waals surface area contributed by atoms with Gasteiger partial charge in [-0.2, -0.15) is 0 Å². The fourth-order valence-corrected chi connectivity index (χ4v) is 2.89. The van der Waals surface area contributed by atoms with Crippen molar-refractivity contribution in [1.82, 2.24) is 0 Å². The van der Waals surface area contributed by atoms with Crippen LogP contribution in [0, 0.1) is 0 Å². The molecule has 0 saturated carbocycles. The summed E-state index contributed by atoms with van der Waals surface area (Å²) in [6.07, 6.45) is 2.32. The van der Waals surface area contributed by atoms with Gasteiger partial charge in [-0.3, -0.25) is 19.2 Å². The van der Waals surface area contributed by atoms with Crippen LogP contribution in [-0.2, 0) is 35.1 Å². The Hall–Kier alpha value is -2.94. The molecule has 34 heavy (non-hydrogen) atoms. The summed E-state index contributed by atoms with van der Waals surface area (Å²) in [5.74, 6) is -1.77. The number of ether oxygens (including phenoxy) is 4. The smallest absolute Gasteiger partial charge is 0.323 e. The normalized spacial score (nSPS) is 13.4. The maximum absolute atomic E-state index is 12.4. The molecule has 0 fully saturated rings. The molecule has 0 saturated heterocycles. The molecule has 0 bridgehead atoms. The average molecular weight is 480 g/mol. The minimum atomic E-state index is -1.01. The topological polar surface area (TPSA) is 131 Å². The summed E-state index contributed by atoms with van der Waals surface area (Å²) in [7, 11) is 0. The van der Waals surface area contributed by atoms with E-state index in [0.29, 0.717) is 18.4 Å². The van der Waals surface area contributed by atoms with Gasteiger partial charge in [0.25, 0.3) is 0 Å². The highest BCUT2D eigenvalue weighted by Crippen LogP contribution is 2.30. The molecule has 0 spiro atoms. The lowest BCUT2D eigenvalue weighted by Gasteiger charge is -2.22. The summed E-state index contributed by atoms with van der Waals surface area (Å²) < 4.78 is 21.2. The second-order valence-electron chi connectivity index (χ2n) is 8.20. The van der Waals surface area contributed by atoms with E-state index in [1.54, 1.807) is 19.9 Å². The SMILES string of the molecule is CCCCC(=O)Oc1ccc(C[C@H](N)C(=O)O[C@@H](C)[C@H](C)OC(C)=O)cc1OC(=O)CCCC. The molecule has 1 aromatic carbocycles. The molecule has 0 unspecified atom stereocenters. The number of esters is 4. The molecule has 0 aliphatic carbocycles. The molecule has 0 aromatic heterocycles. The van der Waals surface area contributed by atoms with E-state index in [-0.39, 0.29) is 30.8 Å². The van der Waals surface area contributed by atoms with Gasteiger partial charge in [-0.15, -0.1) is 0 Å². The van der Waals surface area contributed by atoms with Crippen molar-refractivity contribution in [3.8, 4) is 11.5 Å². The third-order valence-corrected chi connectivity index (χ3v) is 5.00. The van der Waals surface area contributed by atoms with Gasteiger partial charge in [-0.1, -0.05) is 32.8 Å².